The highest BCUT2D eigenvalue weighted by atomic mass is 35.5. The number of benzene rings is 1. The summed E-state index contributed by atoms with van der Waals surface area (Å²) in [6.45, 7) is 4.26. The van der Waals surface area contributed by atoms with Gasteiger partial charge in [-0.05, 0) is 25.3 Å². The van der Waals surface area contributed by atoms with Crippen molar-refractivity contribution >= 4 is 28.4 Å². The molecule has 1 heterocycles. The molecule has 0 spiro atoms. The Balaban J connectivity index is 2.17. The summed E-state index contributed by atoms with van der Waals surface area (Å²) in [4.78, 5) is 12.4. The van der Waals surface area contributed by atoms with Crippen LogP contribution in [0.2, 0.25) is 5.02 Å². The van der Waals surface area contributed by atoms with Crippen molar-refractivity contribution in [1.82, 2.24) is 9.88 Å². The molecule has 2 atom stereocenters. The van der Waals surface area contributed by atoms with E-state index in [0.717, 1.165) is 10.9 Å². The van der Waals surface area contributed by atoms with Crippen molar-refractivity contribution in [2.75, 3.05) is 6.54 Å². The van der Waals surface area contributed by atoms with Crippen LogP contribution in [0.3, 0.4) is 0 Å². The van der Waals surface area contributed by atoms with E-state index >= 15 is 0 Å². The third-order valence-electron chi connectivity index (χ3n) is 3.61. The Morgan fingerprint density at radius 2 is 2.05 bits per heavy atom. The van der Waals surface area contributed by atoms with Gasteiger partial charge in [0.2, 0.25) is 0 Å². The second-order valence-corrected chi connectivity index (χ2v) is 6.02. The first-order chi connectivity index (χ1) is 9.91. The summed E-state index contributed by atoms with van der Waals surface area (Å²) in [5.41, 5.74) is 1.41. The van der Waals surface area contributed by atoms with E-state index in [2.05, 4.69) is 5.32 Å². The van der Waals surface area contributed by atoms with E-state index in [1.165, 1.54) is 0 Å². The zero-order valence-electron chi connectivity index (χ0n) is 12.6. The number of hydrogen-bond donors (Lipinski definition) is 2. The maximum absolute atomic E-state index is 12.4. The first-order valence-corrected chi connectivity index (χ1v) is 7.48. The fourth-order valence-electron chi connectivity index (χ4n) is 2.62. The number of aryl methyl sites for hydroxylation is 1. The van der Waals surface area contributed by atoms with Gasteiger partial charge in [0.15, 0.2) is 0 Å². The fourth-order valence-corrected chi connectivity index (χ4v) is 2.99. The molecule has 1 aromatic heterocycles. The molecule has 4 nitrogen and oxygen atoms in total. The zero-order valence-corrected chi connectivity index (χ0v) is 13.3. The van der Waals surface area contributed by atoms with E-state index in [9.17, 15) is 9.90 Å². The molecule has 5 heteroatoms. The first kappa shape index (κ1) is 15.9. The molecule has 1 amide bonds. The van der Waals surface area contributed by atoms with Crippen molar-refractivity contribution in [1.29, 1.82) is 0 Å². The van der Waals surface area contributed by atoms with Crippen molar-refractivity contribution < 1.29 is 9.90 Å². The number of rotatable bonds is 5. The van der Waals surface area contributed by atoms with Gasteiger partial charge in [-0.15, -0.1) is 0 Å². The second kappa shape index (κ2) is 6.50. The van der Waals surface area contributed by atoms with Crippen LogP contribution in [0, 0.1) is 5.92 Å². The van der Waals surface area contributed by atoms with Crippen molar-refractivity contribution in [2.45, 2.75) is 26.4 Å². The first-order valence-electron chi connectivity index (χ1n) is 7.11. The molecule has 0 aliphatic rings. The van der Waals surface area contributed by atoms with Gasteiger partial charge in [0.25, 0.3) is 5.91 Å². The summed E-state index contributed by atoms with van der Waals surface area (Å²) in [6.07, 6.45) is 0.293. The van der Waals surface area contributed by atoms with Crippen LogP contribution >= 0.6 is 11.6 Å². The molecular formula is C16H21ClN2O2. The number of fused-ring (bicyclic) bond motifs is 1. The zero-order chi connectivity index (χ0) is 15.6. The van der Waals surface area contributed by atoms with Crippen LogP contribution in [0.15, 0.2) is 24.3 Å². The molecule has 114 valence electrons. The molecule has 1 aromatic carbocycles. The number of aliphatic hydroxyl groups is 1. The summed E-state index contributed by atoms with van der Waals surface area (Å²) in [5.74, 6) is 0.0264. The van der Waals surface area contributed by atoms with Crippen molar-refractivity contribution in [3.63, 3.8) is 0 Å². The fraction of sp³-hybridized carbons (Fsp3) is 0.438. The van der Waals surface area contributed by atoms with Crippen LogP contribution in [0.25, 0.3) is 10.9 Å². The van der Waals surface area contributed by atoms with E-state index in [0.29, 0.717) is 23.7 Å². The van der Waals surface area contributed by atoms with Crippen LogP contribution < -0.4 is 5.32 Å². The number of aliphatic hydroxyl groups excluding tert-OH is 1. The molecule has 2 aromatic rings. The highest BCUT2D eigenvalue weighted by molar-refractivity contribution is 6.38. The van der Waals surface area contributed by atoms with Crippen molar-refractivity contribution in [3.8, 4) is 0 Å². The monoisotopic (exact) mass is 308 g/mol. The van der Waals surface area contributed by atoms with Gasteiger partial charge in [0.1, 0.15) is 5.69 Å². The Hall–Kier alpha value is -1.52. The molecule has 0 fully saturated rings. The minimum absolute atomic E-state index is 0.184. The standard InChI is InChI=1S/C16H21ClN2O2/c1-10(8-11(2)20)9-18-16(21)15-14(17)12-6-4-5-7-13(12)19(15)3/h4-7,10-11,20H,8-9H2,1-3H3,(H,18,21). The SMILES string of the molecule is CC(O)CC(C)CNC(=O)c1c(Cl)c2ccccc2n1C. The largest absolute Gasteiger partial charge is 0.393 e. The van der Waals surface area contributed by atoms with Crippen LogP contribution in [0.1, 0.15) is 30.8 Å². The van der Waals surface area contributed by atoms with E-state index in [1.54, 1.807) is 6.92 Å². The molecule has 2 N–H and O–H groups in total. The number of nitrogens with zero attached hydrogens (tertiary/aromatic N) is 1. The molecule has 0 saturated heterocycles. The molecule has 0 aliphatic heterocycles. The van der Waals surface area contributed by atoms with Crippen LogP contribution in [-0.4, -0.2) is 28.2 Å². The van der Waals surface area contributed by atoms with Gasteiger partial charge in [-0.25, -0.2) is 0 Å². The average Bonchev–Trinajstić information content (AvgIpc) is 2.68. The molecule has 0 aliphatic carbocycles. The van der Waals surface area contributed by atoms with Gasteiger partial charge in [-0.3, -0.25) is 4.79 Å². The van der Waals surface area contributed by atoms with E-state index in [1.807, 2.05) is 42.8 Å². The van der Waals surface area contributed by atoms with Crippen molar-refractivity contribution in [3.05, 3.63) is 35.0 Å². The predicted octanol–water partition coefficient (Wildman–Crippen LogP) is 2.97. The van der Waals surface area contributed by atoms with Crippen LogP contribution in [-0.2, 0) is 7.05 Å². The quantitative estimate of drug-likeness (QED) is 0.892. The van der Waals surface area contributed by atoms with Crippen LogP contribution in [0.4, 0.5) is 0 Å². The van der Waals surface area contributed by atoms with Gasteiger partial charge in [-0.1, -0.05) is 36.7 Å². The lowest BCUT2D eigenvalue weighted by molar-refractivity contribution is 0.0932. The van der Waals surface area contributed by atoms with Gasteiger partial charge >= 0.3 is 0 Å². The highest BCUT2D eigenvalue weighted by Crippen LogP contribution is 2.29. The third kappa shape index (κ3) is 3.39. The summed E-state index contributed by atoms with van der Waals surface area (Å²) in [7, 11) is 1.84. The van der Waals surface area contributed by atoms with Gasteiger partial charge in [0.05, 0.1) is 11.1 Å². The number of halogens is 1. The lowest BCUT2D eigenvalue weighted by Gasteiger charge is -2.14. The van der Waals surface area contributed by atoms with E-state index in [-0.39, 0.29) is 17.9 Å². The Labute approximate surface area is 129 Å². The number of carbonyl (C=O) groups excluding carboxylic acids is 1. The molecule has 0 radical (unpaired) electrons. The highest BCUT2D eigenvalue weighted by Gasteiger charge is 2.20. The summed E-state index contributed by atoms with van der Waals surface area (Å²) < 4.78 is 1.81. The minimum atomic E-state index is -0.363. The lowest BCUT2D eigenvalue weighted by Crippen LogP contribution is -2.30. The number of aromatic nitrogens is 1. The molecule has 2 rings (SSSR count). The lowest BCUT2D eigenvalue weighted by atomic mass is 10.0. The maximum Gasteiger partial charge on any atom is 0.269 e. The van der Waals surface area contributed by atoms with Gasteiger partial charge in [-0.2, -0.15) is 0 Å². The van der Waals surface area contributed by atoms with E-state index in [4.69, 9.17) is 11.6 Å². The van der Waals surface area contributed by atoms with Gasteiger partial charge < -0.3 is 15.0 Å². The molecular weight excluding hydrogens is 288 g/mol. The smallest absolute Gasteiger partial charge is 0.269 e. The summed E-state index contributed by atoms with van der Waals surface area (Å²) >= 11 is 6.34. The Bertz CT molecular complexity index is 610. The maximum atomic E-state index is 12.4. The topological polar surface area (TPSA) is 54.3 Å². The molecule has 2 unspecified atom stereocenters. The number of para-hydroxylation sites is 1. The minimum Gasteiger partial charge on any atom is -0.393 e. The molecule has 0 bridgehead atoms. The average molecular weight is 309 g/mol. The summed E-state index contributed by atoms with van der Waals surface area (Å²) in [5, 5.41) is 13.6. The predicted molar refractivity (Wildman–Crippen MR) is 85.7 cm³/mol. The van der Waals surface area contributed by atoms with Gasteiger partial charge in [0, 0.05) is 24.5 Å². The molecule has 0 saturated carbocycles. The summed E-state index contributed by atoms with van der Waals surface area (Å²) in [6, 6.07) is 7.67. The second-order valence-electron chi connectivity index (χ2n) is 5.64. The Morgan fingerprint density at radius 3 is 2.67 bits per heavy atom. The molecule has 21 heavy (non-hydrogen) atoms. The van der Waals surface area contributed by atoms with E-state index < -0.39 is 0 Å². The van der Waals surface area contributed by atoms with Crippen LogP contribution in [0.5, 0.6) is 0 Å². The third-order valence-corrected chi connectivity index (χ3v) is 4.00. The number of carbonyl (C=O) groups is 1. The number of nitrogens with one attached hydrogen (secondary N) is 1. The normalized spacial score (nSPS) is 14.1. The number of hydrogen-bond acceptors (Lipinski definition) is 2. The Morgan fingerprint density at radius 1 is 1.38 bits per heavy atom. The Kier molecular flexibility index (Phi) is 4.91. The van der Waals surface area contributed by atoms with Crippen molar-refractivity contribution in [2.24, 2.45) is 13.0 Å². The number of amides is 1.